The molecule has 2 nitrogen and oxygen atoms in total. The van der Waals surface area contributed by atoms with E-state index in [0.717, 1.165) is 35.2 Å². The summed E-state index contributed by atoms with van der Waals surface area (Å²) in [7, 11) is 0.777. The number of hydrogen-bond acceptors (Lipinski definition) is 1. The van der Waals surface area contributed by atoms with Gasteiger partial charge in [0.05, 0.1) is 5.91 Å². The monoisotopic (exact) mass is 541 g/mol. The molecular weight excluding hydrogens is 513 g/mol. The maximum atomic E-state index is 10.5. The van der Waals surface area contributed by atoms with Crippen LogP contribution in [0, 0.1) is 5.92 Å². The van der Waals surface area contributed by atoms with Crippen LogP contribution in [0.1, 0.15) is 32.1 Å². The van der Waals surface area contributed by atoms with Crippen molar-refractivity contribution in [2.45, 2.75) is 32.1 Å². The molecule has 0 saturated heterocycles. The Hall–Kier alpha value is -1.75. The molecule has 6 heteroatoms. The predicted molar refractivity (Wildman–Crippen MR) is 133 cm³/mol. The van der Waals surface area contributed by atoms with Crippen molar-refractivity contribution in [1.29, 1.82) is 0 Å². The first kappa shape index (κ1) is 32.3. The Labute approximate surface area is 233 Å². The minimum atomic E-state index is -0.352. The summed E-state index contributed by atoms with van der Waals surface area (Å²) < 4.78 is 0. The van der Waals surface area contributed by atoms with Gasteiger partial charge in [-0.25, -0.2) is 0 Å². The Morgan fingerprint density at radius 2 is 1.24 bits per heavy atom. The third kappa shape index (κ3) is 11.6. The van der Waals surface area contributed by atoms with Crippen LogP contribution in [0.3, 0.4) is 0 Å². The second kappa shape index (κ2) is 18.6. The van der Waals surface area contributed by atoms with E-state index in [-0.39, 0.29) is 58.4 Å². The van der Waals surface area contributed by atoms with Crippen molar-refractivity contribution in [2.24, 2.45) is 5.92 Å². The topological polar surface area (TPSA) is 40.9 Å². The van der Waals surface area contributed by atoms with Gasteiger partial charge in [0, 0.05) is 5.92 Å². The van der Waals surface area contributed by atoms with Crippen LogP contribution in [0.25, 0.3) is 16.5 Å². The molecule has 0 atom stereocenters. The molecule has 1 amide bonds. The fraction of sp³-hybridized carbons (Fsp3) is 0.214. The smallest absolute Gasteiger partial charge is 1.00 e. The summed E-state index contributed by atoms with van der Waals surface area (Å²) in [5.74, 6) is -0.270. The van der Waals surface area contributed by atoms with Crippen LogP contribution in [0.5, 0.6) is 0 Å². The summed E-state index contributed by atoms with van der Waals surface area (Å²) in [6.07, 6.45) is 5.47. The zero-order chi connectivity index (χ0) is 21.7. The Morgan fingerprint density at radius 3 is 1.71 bits per heavy atom. The molecule has 0 aliphatic heterocycles. The van der Waals surface area contributed by atoms with E-state index in [1.165, 1.54) is 27.6 Å². The molecule has 5 rings (SSSR count). The number of carbonyl (C=O) groups excluding carboxylic acids is 1. The maximum Gasteiger partial charge on any atom is 4.00 e. The van der Waals surface area contributed by atoms with Gasteiger partial charge in [-0.3, -0.25) is 0 Å². The van der Waals surface area contributed by atoms with Crippen LogP contribution in [-0.4, -0.2) is 15.4 Å². The van der Waals surface area contributed by atoms with Gasteiger partial charge in [0.2, 0.25) is 0 Å². The molecule has 1 saturated carbocycles. The number of hydrogen-bond donors (Lipinski definition) is 0. The molecule has 1 aliphatic carbocycles. The van der Waals surface area contributed by atoms with Gasteiger partial charge >= 0.3 is 21.7 Å². The minimum absolute atomic E-state index is 0. The van der Waals surface area contributed by atoms with E-state index < -0.39 is 0 Å². The van der Waals surface area contributed by atoms with Gasteiger partial charge in [0.25, 0.3) is 0 Å². The molecule has 174 valence electrons. The van der Waals surface area contributed by atoms with Gasteiger partial charge in [-0.2, -0.15) is 17.5 Å². The molecule has 0 unspecified atom stereocenters. The number of nitrogens with one attached hydrogen (secondary N) is 1. The Kier molecular flexibility index (Phi) is 17.6. The third-order valence-corrected chi connectivity index (χ3v) is 6.60. The largest absolute Gasteiger partial charge is 4.00 e. The summed E-state index contributed by atoms with van der Waals surface area (Å²) in [5, 5.41) is 5.46. The van der Waals surface area contributed by atoms with E-state index in [0.29, 0.717) is 0 Å². The number of rotatable bonds is 3. The Morgan fingerprint density at radius 1 is 0.735 bits per heavy atom. The first-order valence-corrected chi connectivity index (χ1v) is 12.0. The zero-order valence-electron chi connectivity index (χ0n) is 19.1. The second-order valence-electron chi connectivity index (χ2n) is 7.71. The molecule has 34 heavy (non-hydrogen) atoms. The molecule has 1 fully saturated rings. The predicted octanol–water partition coefficient (Wildman–Crippen LogP) is 0.0513. The fourth-order valence-corrected chi connectivity index (χ4v) is 4.70. The van der Waals surface area contributed by atoms with Gasteiger partial charge in [0.1, 0.15) is 9.52 Å². The summed E-state index contributed by atoms with van der Waals surface area (Å²) in [5.41, 5.74) is 6.83. The van der Waals surface area contributed by atoms with Crippen molar-refractivity contribution in [3.05, 3.63) is 109 Å². The number of amides is 1. The maximum absolute atomic E-state index is 10.5. The normalized spacial score (nSPS) is 12.2. The van der Waals surface area contributed by atoms with Crippen LogP contribution in [0.2, 0.25) is 0 Å². The Balaban J connectivity index is 0.000000471. The second-order valence-corrected chi connectivity index (χ2v) is 9.12. The van der Waals surface area contributed by atoms with Gasteiger partial charge in [-0.1, -0.05) is 96.4 Å². The van der Waals surface area contributed by atoms with Crippen molar-refractivity contribution in [2.75, 3.05) is 0 Å². The van der Waals surface area contributed by atoms with E-state index in [4.69, 9.17) is 5.73 Å². The molecule has 4 aromatic carbocycles. The summed E-state index contributed by atoms with van der Waals surface area (Å²) in [4.78, 5) is 10.5. The van der Waals surface area contributed by atoms with Crippen molar-refractivity contribution in [3.8, 4) is 0 Å². The summed E-state index contributed by atoms with van der Waals surface area (Å²) in [6.45, 7) is 0. The fourth-order valence-electron chi connectivity index (χ4n) is 3.64. The van der Waals surface area contributed by atoms with Crippen molar-refractivity contribution in [1.82, 2.24) is 0 Å². The quantitative estimate of drug-likeness (QED) is 0.267. The van der Waals surface area contributed by atoms with Gasteiger partial charge in [-0.05, 0) is 12.8 Å². The molecule has 0 aromatic heterocycles. The van der Waals surface area contributed by atoms with Crippen molar-refractivity contribution in [3.63, 3.8) is 0 Å². The van der Waals surface area contributed by atoms with Crippen LogP contribution >= 0.6 is 0 Å². The first-order valence-electron chi connectivity index (χ1n) is 11.0. The molecular formula is C28H29Cl2NOSiTi. The third-order valence-electron chi connectivity index (χ3n) is 5.36. The van der Waals surface area contributed by atoms with Gasteiger partial charge < -0.3 is 35.3 Å². The van der Waals surface area contributed by atoms with E-state index in [1.807, 2.05) is 0 Å². The standard InChI is InChI=1S/C12H10Si.C9H7.C7H13NO.2ClH.Ti/c1-3-7-11(8-4-1)13-12-9-5-2-6-10-12;1-2-5-9-7-3-6-8(9)4-1;8-7(9)6-4-2-1-3-5-6;;;/h1-10H;1-7H;6H,1-5H2,(H2,8,9);2*1H;/q;-1;;;;+4/p-3. The van der Waals surface area contributed by atoms with E-state index in [9.17, 15) is 4.79 Å². The van der Waals surface area contributed by atoms with Crippen molar-refractivity contribution >= 4 is 36.6 Å². The van der Waals surface area contributed by atoms with Crippen LogP contribution in [-0.2, 0) is 26.5 Å². The zero-order valence-corrected chi connectivity index (χ0v) is 23.2. The van der Waals surface area contributed by atoms with E-state index in [2.05, 4.69) is 103 Å². The average molecular weight is 542 g/mol. The van der Waals surface area contributed by atoms with Crippen LogP contribution < -0.4 is 35.2 Å². The molecule has 2 radical (unpaired) electrons. The van der Waals surface area contributed by atoms with E-state index >= 15 is 0 Å². The number of fused-ring (bicyclic) bond motifs is 1. The molecule has 1 N–H and O–H groups in total. The molecule has 4 aromatic rings. The molecule has 0 bridgehead atoms. The minimum Gasteiger partial charge on any atom is -1.00 e. The van der Waals surface area contributed by atoms with Crippen LogP contribution in [0.4, 0.5) is 0 Å². The molecule has 0 spiro atoms. The van der Waals surface area contributed by atoms with Gasteiger partial charge in [0.15, 0.2) is 0 Å². The van der Waals surface area contributed by atoms with E-state index in [1.54, 1.807) is 0 Å². The number of carbonyl (C=O) groups is 1. The van der Waals surface area contributed by atoms with Gasteiger partial charge in [-0.15, -0.1) is 29.7 Å². The average Bonchev–Trinajstić information content (AvgIpc) is 3.31. The SMILES string of the molecule is [Cl-].[Cl-].[NH-]C(=O)C1CCCCC1.[Ti+4].c1ccc([Si]c2ccccc2)cc1.c1ccc2[cH-]ccc2c1. The number of halogens is 2. The Bertz CT molecular complexity index is 970. The summed E-state index contributed by atoms with van der Waals surface area (Å²) in [6, 6.07) is 35.8. The molecule has 0 heterocycles. The summed E-state index contributed by atoms with van der Waals surface area (Å²) >= 11 is 0. The number of benzene rings is 3. The molecule has 1 aliphatic rings. The first-order chi connectivity index (χ1) is 15.2. The van der Waals surface area contributed by atoms with Crippen LogP contribution in [0.15, 0.2) is 103 Å². The van der Waals surface area contributed by atoms with Crippen molar-refractivity contribution < 1.29 is 51.3 Å².